The van der Waals surface area contributed by atoms with Crippen molar-refractivity contribution in [1.29, 1.82) is 0 Å². The van der Waals surface area contributed by atoms with E-state index in [1.165, 1.54) is 12.1 Å². The summed E-state index contributed by atoms with van der Waals surface area (Å²) in [5.41, 5.74) is 3.68. The zero-order valence-electron chi connectivity index (χ0n) is 16.2. The molecule has 1 fully saturated rings. The Morgan fingerprint density at radius 2 is 1.87 bits per heavy atom. The summed E-state index contributed by atoms with van der Waals surface area (Å²) in [4.78, 5) is 21.1. The molecule has 2 aromatic carbocycles. The van der Waals surface area contributed by atoms with Gasteiger partial charge in [-0.3, -0.25) is 9.69 Å². The Morgan fingerprint density at radius 3 is 2.57 bits per heavy atom. The molecule has 2 aromatic heterocycles. The van der Waals surface area contributed by atoms with E-state index < -0.39 is 0 Å². The Balaban J connectivity index is 1.41. The van der Waals surface area contributed by atoms with Crippen LogP contribution in [-0.2, 0) is 11.4 Å². The van der Waals surface area contributed by atoms with E-state index in [1.807, 2.05) is 42.6 Å². The molecule has 0 radical (unpaired) electrons. The number of hydrogen-bond donors (Lipinski definition) is 1. The topological polar surface area (TPSA) is 58.2 Å². The van der Waals surface area contributed by atoms with Gasteiger partial charge in [-0.05, 0) is 65.9 Å². The third-order valence-electron chi connectivity index (χ3n) is 5.32. The van der Waals surface area contributed by atoms with Crippen LogP contribution in [0.25, 0.3) is 22.2 Å². The number of aromatic nitrogens is 2. The molecule has 2 heterocycles. The summed E-state index contributed by atoms with van der Waals surface area (Å²) < 4.78 is 18.8. The van der Waals surface area contributed by atoms with Gasteiger partial charge in [0.05, 0.1) is 0 Å². The maximum absolute atomic E-state index is 13.0. The molecule has 5 rings (SSSR count). The second kappa shape index (κ2) is 7.63. The van der Waals surface area contributed by atoms with E-state index in [0.29, 0.717) is 12.4 Å². The van der Waals surface area contributed by atoms with Crippen LogP contribution >= 0.6 is 0 Å². The summed E-state index contributed by atoms with van der Waals surface area (Å²) in [5.74, 6) is 1.13. The van der Waals surface area contributed by atoms with Crippen LogP contribution in [-0.4, -0.2) is 22.4 Å². The minimum atomic E-state index is -0.259. The van der Waals surface area contributed by atoms with Gasteiger partial charge in [0.25, 0.3) is 0 Å². The van der Waals surface area contributed by atoms with Crippen molar-refractivity contribution < 1.29 is 13.9 Å². The van der Waals surface area contributed by atoms with Gasteiger partial charge in [-0.1, -0.05) is 24.3 Å². The summed E-state index contributed by atoms with van der Waals surface area (Å²) in [6.07, 6.45) is 4.75. The number of nitrogens with zero attached hydrogens (tertiary/aromatic N) is 2. The lowest BCUT2D eigenvalue weighted by Crippen LogP contribution is -2.24. The average molecular weight is 401 g/mol. The number of anilines is 1. The van der Waals surface area contributed by atoms with Gasteiger partial charge in [0, 0.05) is 17.6 Å². The normalized spacial score (nSPS) is 13.4. The summed E-state index contributed by atoms with van der Waals surface area (Å²) in [6, 6.07) is 18.3. The number of ether oxygens (including phenoxy) is 1. The lowest BCUT2D eigenvalue weighted by atomic mass is 10.0. The minimum absolute atomic E-state index is 0.248. The lowest BCUT2D eigenvalue weighted by molar-refractivity contribution is -0.107. The van der Waals surface area contributed by atoms with E-state index in [0.717, 1.165) is 52.7 Å². The number of nitrogens with one attached hydrogen (secondary N) is 1. The molecule has 5 nitrogen and oxygen atoms in total. The number of fused-ring (bicyclic) bond motifs is 1. The Bertz CT molecular complexity index is 1180. The first-order valence-electron chi connectivity index (χ1n) is 9.91. The van der Waals surface area contributed by atoms with Crippen LogP contribution in [0.5, 0.6) is 5.75 Å². The van der Waals surface area contributed by atoms with Gasteiger partial charge >= 0.3 is 0 Å². The molecule has 1 aliphatic rings. The largest absolute Gasteiger partial charge is 0.489 e. The van der Waals surface area contributed by atoms with E-state index in [2.05, 4.69) is 9.97 Å². The fourth-order valence-corrected chi connectivity index (χ4v) is 3.55. The number of halogens is 1. The summed E-state index contributed by atoms with van der Waals surface area (Å²) in [5, 5.41) is 1.00. The van der Waals surface area contributed by atoms with Gasteiger partial charge in [-0.2, -0.15) is 0 Å². The van der Waals surface area contributed by atoms with E-state index >= 15 is 0 Å². The smallest absolute Gasteiger partial charge is 0.215 e. The monoisotopic (exact) mass is 401 g/mol. The number of benzene rings is 2. The highest BCUT2D eigenvalue weighted by molar-refractivity contribution is 5.96. The molecule has 1 N–H and O–H groups in total. The summed E-state index contributed by atoms with van der Waals surface area (Å²) in [7, 11) is 0. The predicted octanol–water partition coefficient (Wildman–Crippen LogP) is 5.07. The first-order valence-corrected chi connectivity index (χ1v) is 9.91. The molecule has 0 atom stereocenters. The Kier molecular flexibility index (Phi) is 4.67. The van der Waals surface area contributed by atoms with Crippen molar-refractivity contribution >= 4 is 23.3 Å². The lowest BCUT2D eigenvalue weighted by Gasteiger charge is -2.17. The third-order valence-corrected chi connectivity index (χ3v) is 5.32. The first-order chi connectivity index (χ1) is 14.7. The highest BCUT2D eigenvalue weighted by atomic mass is 19.1. The number of aromatic amines is 1. The molecule has 0 aliphatic heterocycles. The predicted molar refractivity (Wildman–Crippen MR) is 114 cm³/mol. The molecule has 1 aliphatic carbocycles. The van der Waals surface area contributed by atoms with Crippen molar-refractivity contribution in [2.24, 2.45) is 0 Å². The fourth-order valence-electron chi connectivity index (χ4n) is 3.55. The van der Waals surface area contributed by atoms with Crippen LogP contribution < -0.4 is 9.64 Å². The van der Waals surface area contributed by atoms with Gasteiger partial charge in [0.1, 0.15) is 29.6 Å². The molecule has 4 aromatic rings. The van der Waals surface area contributed by atoms with Crippen LogP contribution in [0.1, 0.15) is 18.4 Å². The van der Waals surface area contributed by atoms with Crippen LogP contribution in [0, 0.1) is 5.82 Å². The Labute approximate surface area is 173 Å². The molecule has 0 bridgehead atoms. The maximum atomic E-state index is 13.0. The van der Waals surface area contributed by atoms with Crippen LogP contribution in [0.15, 0.2) is 66.9 Å². The van der Waals surface area contributed by atoms with Crippen LogP contribution in [0.2, 0.25) is 0 Å². The fraction of sp³-hybridized carbons (Fsp3) is 0.167. The van der Waals surface area contributed by atoms with Crippen LogP contribution in [0.4, 0.5) is 10.2 Å². The van der Waals surface area contributed by atoms with Gasteiger partial charge < -0.3 is 9.72 Å². The second-order valence-corrected chi connectivity index (χ2v) is 7.45. The number of hydrogen-bond acceptors (Lipinski definition) is 3. The molecular weight excluding hydrogens is 381 g/mol. The summed E-state index contributed by atoms with van der Waals surface area (Å²) in [6.45, 7) is 0.372. The quantitative estimate of drug-likeness (QED) is 0.440. The number of amides is 1. The highest BCUT2D eigenvalue weighted by Gasteiger charge is 2.30. The van der Waals surface area contributed by atoms with Crippen molar-refractivity contribution in [2.45, 2.75) is 25.5 Å². The number of H-pyrrole nitrogens is 1. The minimum Gasteiger partial charge on any atom is -0.489 e. The Morgan fingerprint density at radius 1 is 1.10 bits per heavy atom. The van der Waals surface area contributed by atoms with Gasteiger partial charge in [-0.15, -0.1) is 0 Å². The van der Waals surface area contributed by atoms with Crippen molar-refractivity contribution in [3.63, 3.8) is 0 Å². The maximum Gasteiger partial charge on any atom is 0.215 e. The molecule has 30 heavy (non-hydrogen) atoms. The second-order valence-electron chi connectivity index (χ2n) is 7.45. The molecule has 0 spiro atoms. The van der Waals surface area contributed by atoms with E-state index in [4.69, 9.17) is 4.74 Å². The van der Waals surface area contributed by atoms with Crippen molar-refractivity contribution in [1.82, 2.24) is 9.97 Å². The van der Waals surface area contributed by atoms with Gasteiger partial charge in [0.15, 0.2) is 0 Å². The van der Waals surface area contributed by atoms with Gasteiger partial charge in [0.2, 0.25) is 6.41 Å². The summed E-state index contributed by atoms with van der Waals surface area (Å²) >= 11 is 0. The molecular formula is C24H20FN3O2. The van der Waals surface area contributed by atoms with Crippen LogP contribution in [0.3, 0.4) is 0 Å². The zero-order chi connectivity index (χ0) is 20.5. The number of carbonyl (C=O) groups excluding carboxylic acids is 1. The zero-order valence-corrected chi connectivity index (χ0v) is 16.2. The number of carbonyl (C=O) groups is 1. The average Bonchev–Trinajstić information content (AvgIpc) is 3.49. The number of pyridine rings is 1. The van der Waals surface area contributed by atoms with E-state index in [-0.39, 0.29) is 11.9 Å². The van der Waals surface area contributed by atoms with Gasteiger partial charge in [-0.25, -0.2) is 9.37 Å². The van der Waals surface area contributed by atoms with Crippen molar-refractivity contribution in [3.05, 3.63) is 78.2 Å². The van der Waals surface area contributed by atoms with Crippen molar-refractivity contribution in [3.8, 4) is 16.9 Å². The molecule has 1 saturated carbocycles. The number of rotatable bonds is 7. The van der Waals surface area contributed by atoms with E-state index in [9.17, 15) is 9.18 Å². The molecule has 6 heteroatoms. The SMILES string of the molecule is O=CN(c1cc(-c2ccc(OCc3ccc(F)cc3)cc2)c2cc[nH]c2n1)C1CC1. The standard InChI is InChI=1S/C24H20FN3O2/c25-18-5-1-16(2-6-18)14-30-20-9-3-17(4-10-20)22-13-23(28(15-29)19-7-8-19)27-24-21(22)11-12-26-24/h1-6,9-13,15,19H,7-8,14H2,(H,26,27). The molecule has 150 valence electrons. The third kappa shape index (κ3) is 3.64. The Hall–Kier alpha value is -3.67. The van der Waals surface area contributed by atoms with Crippen molar-refractivity contribution in [2.75, 3.05) is 4.90 Å². The molecule has 0 saturated heterocycles. The molecule has 1 amide bonds. The first kappa shape index (κ1) is 18.4. The molecule has 0 unspecified atom stereocenters. The highest BCUT2D eigenvalue weighted by Crippen LogP contribution is 2.35. The van der Waals surface area contributed by atoms with E-state index in [1.54, 1.807) is 17.0 Å².